The van der Waals surface area contributed by atoms with Crippen LogP contribution in [-0.4, -0.2) is 26.8 Å². The largest absolute Gasteiger partial charge is 0.464 e. The van der Waals surface area contributed by atoms with E-state index in [9.17, 15) is 0 Å². The summed E-state index contributed by atoms with van der Waals surface area (Å²) in [5.41, 5.74) is 7.27. The summed E-state index contributed by atoms with van der Waals surface area (Å²) in [5, 5.41) is 14.4. The number of rotatable bonds is 4. The van der Waals surface area contributed by atoms with Gasteiger partial charge in [0.2, 0.25) is 5.95 Å². The molecule has 2 N–H and O–H groups in total. The van der Waals surface area contributed by atoms with E-state index in [1.807, 2.05) is 49.2 Å². The van der Waals surface area contributed by atoms with Gasteiger partial charge >= 0.3 is 0 Å². The van der Waals surface area contributed by atoms with Gasteiger partial charge in [-0.1, -0.05) is 12.1 Å². The normalized spacial score (nSPS) is 11.5. The second kappa shape index (κ2) is 7.34. The first-order valence-corrected chi connectivity index (χ1v) is 10.8. The Hall–Kier alpha value is -4.39. The van der Waals surface area contributed by atoms with Gasteiger partial charge in [-0.15, -0.1) is 0 Å². The molecule has 7 nitrogen and oxygen atoms in total. The second-order valence-corrected chi connectivity index (χ2v) is 8.14. The minimum absolute atomic E-state index is 0.615. The molecule has 0 aliphatic carbocycles. The van der Waals surface area contributed by atoms with Gasteiger partial charge in [-0.3, -0.25) is 4.68 Å². The zero-order chi connectivity index (χ0) is 22.5. The first kappa shape index (κ1) is 19.3. The monoisotopic (exact) mass is 434 g/mol. The Balaban J connectivity index is 1.48. The summed E-state index contributed by atoms with van der Waals surface area (Å²) in [4.78, 5) is 8.92. The molecule has 0 aliphatic heterocycles. The maximum absolute atomic E-state index is 5.46. The third-order valence-corrected chi connectivity index (χ3v) is 6.02. The highest BCUT2D eigenvalue weighted by atomic mass is 16.3. The summed E-state index contributed by atoms with van der Waals surface area (Å²) in [7, 11) is 3.81. The minimum Gasteiger partial charge on any atom is -0.464 e. The molecular formula is C26H22N6O. The number of furan rings is 1. The van der Waals surface area contributed by atoms with Crippen molar-refractivity contribution in [3.63, 3.8) is 0 Å². The Morgan fingerprint density at radius 3 is 2.76 bits per heavy atom. The molecule has 0 saturated carbocycles. The van der Waals surface area contributed by atoms with Gasteiger partial charge in [-0.2, -0.15) is 5.10 Å². The van der Waals surface area contributed by atoms with Crippen molar-refractivity contribution in [3.8, 4) is 11.1 Å². The predicted octanol–water partition coefficient (Wildman–Crippen LogP) is 6.02. The number of aryl methyl sites for hydroxylation is 2. The van der Waals surface area contributed by atoms with E-state index in [1.165, 1.54) is 5.56 Å². The average Bonchev–Trinajstić information content (AvgIpc) is 3.42. The zero-order valence-corrected chi connectivity index (χ0v) is 18.5. The second-order valence-electron chi connectivity index (χ2n) is 8.14. The van der Waals surface area contributed by atoms with E-state index in [2.05, 4.69) is 57.9 Å². The number of hydrogen-bond donors (Lipinski definition) is 2. The summed E-state index contributed by atoms with van der Waals surface area (Å²) < 4.78 is 7.40. The van der Waals surface area contributed by atoms with E-state index in [0.717, 1.165) is 55.4 Å². The van der Waals surface area contributed by atoms with Crippen LogP contribution in [0.25, 0.3) is 43.9 Å². The van der Waals surface area contributed by atoms with Gasteiger partial charge in [0.25, 0.3) is 0 Å². The molecule has 0 unspecified atom stereocenters. The van der Waals surface area contributed by atoms with E-state index >= 15 is 0 Å². The fraction of sp³-hybridized carbons (Fsp3) is 0.115. The topological polar surface area (TPSA) is 80.8 Å². The Kier molecular flexibility index (Phi) is 4.29. The van der Waals surface area contributed by atoms with E-state index < -0.39 is 0 Å². The lowest BCUT2D eigenvalue weighted by Gasteiger charge is -2.11. The number of nitrogens with zero attached hydrogens (tertiary/aromatic N) is 4. The van der Waals surface area contributed by atoms with Crippen LogP contribution in [0.4, 0.5) is 17.5 Å². The number of hydrogen-bond acceptors (Lipinski definition) is 6. The van der Waals surface area contributed by atoms with Gasteiger partial charge in [0.05, 0.1) is 17.3 Å². The highest BCUT2D eigenvalue weighted by molar-refractivity contribution is 6.03. The van der Waals surface area contributed by atoms with Gasteiger partial charge in [0.15, 0.2) is 5.82 Å². The maximum atomic E-state index is 5.46. The van der Waals surface area contributed by atoms with E-state index in [0.29, 0.717) is 5.95 Å². The fourth-order valence-electron chi connectivity index (χ4n) is 4.42. The molecule has 0 saturated heterocycles. The van der Waals surface area contributed by atoms with Crippen molar-refractivity contribution in [1.82, 2.24) is 19.7 Å². The highest BCUT2D eigenvalue weighted by Gasteiger charge is 2.17. The maximum Gasteiger partial charge on any atom is 0.222 e. The van der Waals surface area contributed by atoms with Crippen molar-refractivity contribution in [2.24, 2.45) is 7.05 Å². The van der Waals surface area contributed by atoms with Crippen molar-refractivity contribution >= 4 is 50.2 Å². The lowest BCUT2D eigenvalue weighted by atomic mass is 9.96. The van der Waals surface area contributed by atoms with Gasteiger partial charge in [0.1, 0.15) is 5.58 Å². The molecule has 0 bridgehead atoms. The summed E-state index contributed by atoms with van der Waals surface area (Å²) in [6.07, 6.45) is 3.56. The Labute approximate surface area is 190 Å². The van der Waals surface area contributed by atoms with Crippen LogP contribution < -0.4 is 10.6 Å². The van der Waals surface area contributed by atoms with Crippen LogP contribution in [0, 0.1) is 6.92 Å². The number of aromatic nitrogens is 4. The quantitative estimate of drug-likeness (QED) is 0.353. The van der Waals surface area contributed by atoms with E-state index in [-0.39, 0.29) is 0 Å². The lowest BCUT2D eigenvalue weighted by molar-refractivity contribution is 0.616. The highest BCUT2D eigenvalue weighted by Crippen LogP contribution is 2.37. The fourth-order valence-corrected chi connectivity index (χ4v) is 4.42. The van der Waals surface area contributed by atoms with Crippen LogP contribution in [0.2, 0.25) is 0 Å². The van der Waals surface area contributed by atoms with Crippen LogP contribution >= 0.6 is 0 Å². The van der Waals surface area contributed by atoms with Crippen LogP contribution in [-0.2, 0) is 7.05 Å². The Morgan fingerprint density at radius 2 is 1.88 bits per heavy atom. The average molecular weight is 435 g/mol. The molecule has 0 atom stereocenters. The molecular weight excluding hydrogens is 412 g/mol. The summed E-state index contributed by atoms with van der Waals surface area (Å²) in [6.45, 7) is 2.13. The molecule has 0 aliphatic rings. The van der Waals surface area contributed by atoms with Crippen LogP contribution in [0.1, 0.15) is 5.56 Å². The molecule has 0 spiro atoms. The minimum atomic E-state index is 0.615. The molecule has 3 aromatic heterocycles. The molecule has 0 fully saturated rings. The third kappa shape index (κ3) is 3.17. The molecule has 3 heterocycles. The zero-order valence-electron chi connectivity index (χ0n) is 18.5. The first-order chi connectivity index (χ1) is 16.1. The molecule has 6 aromatic rings. The summed E-state index contributed by atoms with van der Waals surface area (Å²) in [5.74, 6) is 1.43. The third-order valence-electron chi connectivity index (χ3n) is 6.02. The number of fused-ring (bicyclic) bond motifs is 3. The van der Waals surface area contributed by atoms with Crippen molar-refractivity contribution in [1.29, 1.82) is 0 Å². The number of nitrogens with one attached hydrogen (secondary N) is 2. The SMILES string of the molecule is CNc1ncc2cc(-c3c(C)ccc4c(Nc5ccc6occc6c5)nn(C)c34)ccc2n1. The number of anilines is 3. The van der Waals surface area contributed by atoms with Crippen molar-refractivity contribution in [2.75, 3.05) is 17.7 Å². The van der Waals surface area contributed by atoms with Crippen molar-refractivity contribution < 1.29 is 4.42 Å². The van der Waals surface area contributed by atoms with Crippen LogP contribution in [0.3, 0.4) is 0 Å². The van der Waals surface area contributed by atoms with E-state index in [1.54, 1.807) is 6.26 Å². The van der Waals surface area contributed by atoms with E-state index in [4.69, 9.17) is 9.52 Å². The summed E-state index contributed by atoms with van der Waals surface area (Å²) >= 11 is 0. The summed E-state index contributed by atoms with van der Waals surface area (Å²) in [6, 6.07) is 18.6. The molecule has 7 heteroatoms. The van der Waals surface area contributed by atoms with Crippen LogP contribution in [0.15, 0.2) is 71.5 Å². The van der Waals surface area contributed by atoms with Gasteiger partial charge in [-0.25, -0.2) is 9.97 Å². The molecule has 6 rings (SSSR count). The molecule has 0 radical (unpaired) electrons. The molecule has 0 amide bonds. The first-order valence-electron chi connectivity index (χ1n) is 10.8. The molecule has 33 heavy (non-hydrogen) atoms. The number of benzene rings is 3. The van der Waals surface area contributed by atoms with Gasteiger partial charge in [0, 0.05) is 47.7 Å². The van der Waals surface area contributed by atoms with Gasteiger partial charge in [-0.05, 0) is 60.5 Å². The smallest absolute Gasteiger partial charge is 0.222 e. The Morgan fingerprint density at radius 1 is 0.970 bits per heavy atom. The molecule has 3 aromatic carbocycles. The standard InChI is InChI=1S/C26H22N6O/c1-15-4-7-20-24(23(15)17-5-8-21-18(12-17)14-28-26(27-2)30-21)32(3)31-25(20)29-19-6-9-22-16(13-19)10-11-33-22/h4-14H,1-3H3,(H,29,31)(H,27,28,30). The molecule has 162 valence electrons. The van der Waals surface area contributed by atoms with Crippen LogP contribution in [0.5, 0.6) is 0 Å². The van der Waals surface area contributed by atoms with Crippen molar-refractivity contribution in [3.05, 3.63) is 72.6 Å². The van der Waals surface area contributed by atoms with Crippen molar-refractivity contribution in [2.45, 2.75) is 6.92 Å². The Bertz CT molecular complexity index is 1660. The predicted molar refractivity (Wildman–Crippen MR) is 133 cm³/mol. The lowest BCUT2D eigenvalue weighted by Crippen LogP contribution is -1.97. The van der Waals surface area contributed by atoms with Gasteiger partial charge < -0.3 is 15.1 Å².